The molecule has 3 heterocycles. The van der Waals surface area contributed by atoms with Crippen molar-refractivity contribution >= 4 is 35.6 Å². The number of carbonyl (C=O) groups is 4. The van der Waals surface area contributed by atoms with Gasteiger partial charge in [0.1, 0.15) is 5.03 Å². The van der Waals surface area contributed by atoms with Crippen LogP contribution < -0.4 is 5.32 Å². The molecule has 1 atom stereocenters. The molecular weight excluding hydrogens is 538 g/mol. The molecule has 11 nitrogen and oxygen atoms in total. The quantitative estimate of drug-likeness (QED) is 0.264. The fourth-order valence-electron chi connectivity index (χ4n) is 5.64. The van der Waals surface area contributed by atoms with E-state index in [9.17, 15) is 19.2 Å². The maximum Gasteiger partial charge on any atom is 0.336 e. The van der Waals surface area contributed by atoms with Crippen molar-refractivity contribution in [2.75, 3.05) is 19.8 Å². The van der Waals surface area contributed by atoms with E-state index < -0.39 is 36.4 Å². The molecular formula is C28H35N3O8S. The van der Waals surface area contributed by atoms with Gasteiger partial charge in [0.05, 0.1) is 24.4 Å². The third-order valence-corrected chi connectivity index (χ3v) is 8.42. The highest BCUT2D eigenvalue weighted by molar-refractivity contribution is 7.98. The number of aliphatic hydroxyl groups is 1. The largest absolute Gasteiger partial charge is 0.481 e. The number of nitrogens with zero attached hydrogens (tertiary/aromatic N) is 2. The van der Waals surface area contributed by atoms with Gasteiger partial charge in [-0.15, -0.1) is 11.8 Å². The fourth-order valence-corrected chi connectivity index (χ4v) is 6.19. The van der Waals surface area contributed by atoms with Crippen molar-refractivity contribution in [3.05, 3.63) is 59.8 Å². The van der Waals surface area contributed by atoms with E-state index in [1.165, 1.54) is 30.2 Å². The van der Waals surface area contributed by atoms with Crippen LogP contribution in [0.15, 0.2) is 53.7 Å². The molecule has 3 fully saturated rings. The highest BCUT2D eigenvalue weighted by Gasteiger charge is 2.50. The first-order chi connectivity index (χ1) is 18.9. The average Bonchev–Trinajstić information content (AvgIpc) is 2.92. The van der Waals surface area contributed by atoms with Crippen LogP contribution in [0, 0.1) is 5.92 Å². The summed E-state index contributed by atoms with van der Waals surface area (Å²) >= 11 is 1.51. The van der Waals surface area contributed by atoms with Crippen LogP contribution >= 0.6 is 11.8 Å². The Morgan fingerprint density at radius 2 is 1.65 bits per heavy atom. The molecule has 0 radical (unpaired) electrons. The second kappa shape index (κ2) is 13.2. The van der Waals surface area contributed by atoms with Gasteiger partial charge < -0.3 is 25.7 Å². The van der Waals surface area contributed by atoms with E-state index in [2.05, 4.69) is 46.5 Å². The van der Waals surface area contributed by atoms with E-state index in [1.54, 1.807) is 6.20 Å². The lowest BCUT2D eigenvalue weighted by molar-refractivity contribution is -0.170. The Kier molecular flexibility index (Phi) is 10.3. The molecule has 2 bridgehead atoms. The first-order valence-corrected chi connectivity index (χ1v) is 14.1. The van der Waals surface area contributed by atoms with E-state index in [-0.39, 0.29) is 17.5 Å². The number of carboxylic acids is 3. The van der Waals surface area contributed by atoms with Crippen molar-refractivity contribution in [3.63, 3.8) is 0 Å². The van der Waals surface area contributed by atoms with E-state index >= 15 is 0 Å². The van der Waals surface area contributed by atoms with Crippen molar-refractivity contribution in [3.8, 4) is 0 Å². The van der Waals surface area contributed by atoms with Gasteiger partial charge in [0.25, 0.3) is 5.91 Å². The third kappa shape index (κ3) is 7.18. The number of aromatic nitrogens is 1. The lowest BCUT2D eigenvalue weighted by Gasteiger charge is -2.57. The molecule has 5 rings (SSSR count). The van der Waals surface area contributed by atoms with Crippen LogP contribution in [0.2, 0.25) is 0 Å². The Balaban J connectivity index is 0.000000289. The van der Waals surface area contributed by atoms with Crippen LogP contribution in [0.3, 0.4) is 0 Å². The highest BCUT2D eigenvalue weighted by atomic mass is 32.2. The molecule has 2 saturated heterocycles. The number of amides is 1. The number of benzene rings is 1. The normalized spacial score (nSPS) is 21.0. The molecule has 1 saturated carbocycles. The van der Waals surface area contributed by atoms with Gasteiger partial charge in [-0.25, -0.2) is 9.78 Å². The standard InChI is InChI=1S/C22H27N3OS.C6H8O7/c1-25-15-16-10-12-22(25,13-11-16)19(17-7-4-3-5-8-17)24-20(26)18-9-6-14-23-21(18)27-2;7-3(8)1-6(13,5(11)12)2-4(9)10/h3-9,14,16,19H,10-13,15H2,1-2H3,(H,24,26);13H,1-2H2,(H,7,8)(H,9,10)(H,11,12)/t16?,19-,22?;/m1./s1. The number of hydrogen-bond donors (Lipinski definition) is 5. The monoisotopic (exact) mass is 573 g/mol. The number of carboxylic acid groups (broad SMARTS) is 3. The van der Waals surface area contributed by atoms with E-state index in [0.29, 0.717) is 5.56 Å². The topological polar surface area (TPSA) is 177 Å². The summed E-state index contributed by atoms with van der Waals surface area (Å²) in [6, 6.07) is 14.1. The molecule has 2 aromatic rings. The summed E-state index contributed by atoms with van der Waals surface area (Å²) in [4.78, 5) is 50.6. The summed E-state index contributed by atoms with van der Waals surface area (Å²) < 4.78 is 0. The fraction of sp³-hybridized carbons (Fsp3) is 0.464. The minimum atomic E-state index is -2.74. The predicted molar refractivity (Wildman–Crippen MR) is 147 cm³/mol. The average molecular weight is 574 g/mol. The molecule has 1 aromatic carbocycles. The van der Waals surface area contributed by atoms with Crippen LogP contribution in [0.1, 0.15) is 60.5 Å². The molecule has 216 valence electrons. The molecule has 2 aliphatic heterocycles. The van der Waals surface area contributed by atoms with Crippen molar-refractivity contribution in [1.82, 2.24) is 15.2 Å². The molecule has 1 aliphatic carbocycles. The Bertz CT molecular complexity index is 1200. The van der Waals surface area contributed by atoms with Gasteiger partial charge in [0.15, 0.2) is 5.60 Å². The number of piperidine rings is 2. The van der Waals surface area contributed by atoms with Crippen LogP contribution in [-0.2, 0) is 14.4 Å². The van der Waals surface area contributed by atoms with Gasteiger partial charge in [0, 0.05) is 18.3 Å². The molecule has 1 amide bonds. The number of hydrogen-bond acceptors (Lipinski definition) is 8. The zero-order valence-corrected chi connectivity index (χ0v) is 23.3. The number of fused-ring (bicyclic) bond motifs is 3. The minimum absolute atomic E-state index is 0.00646. The summed E-state index contributed by atoms with van der Waals surface area (Å²) in [6.07, 6.45) is 6.20. The summed E-state index contributed by atoms with van der Waals surface area (Å²) in [5, 5.41) is 38.0. The smallest absolute Gasteiger partial charge is 0.336 e. The van der Waals surface area contributed by atoms with Crippen LogP contribution in [0.4, 0.5) is 0 Å². The highest BCUT2D eigenvalue weighted by Crippen LogP contribution is 2.49. The Morgan fingerprint density at radius 1 is 1.05 bits per heavy atom. The summed E-state index contributed by atoms with van der Waals surface area (Å²) in [7, 11) is 2.23. The molecule has 0 spiro atoms. The molecule has 5 N–H and O–H groups in total. The molecule has 40 heavy (non-hydrogen) atoms. The van der Waals surface area contributed by atoms with Crippen LogP contribution in [-0.4, -0.2) is 85.1 Å². The summed E-state index contributed by atoms with van der Waals surface area (Å²) in [5.41, 5.74) is -0.896. The number of pyridine rings is 1. The second-order valence-corrected chi connectivity index (χ2v) is 11.1. The predicted octanol–water partition coefficient (Wildman–Crippen LogP) is 2.90. The Hall–Kier alpha value is -3.48. The lowest BCUT2D eigenvalue weighted by atomic mass is 9.66. The van der Waals surface area contributed by atoms with E-state index in [4.69, 9.17) is 20.4 Å². The number of aliphatic carboxylic acids is 3. The molecule has 12 heteroatoms. The third-order valence-electron chi connectivity index (χ3n) is 7.70. The SMILES string of the molecule is CSc1ncccc1C(=O)N[C@H](c1ccccc1)C12CCC(CC1)CN2C.O=C(O)CC(O)(CC(=O)O)C(=O)O. The summed E-state index contributed by atoms with van der Waals surface area (Å²) in [5.74, 6) is -4.24. The van der Waals surface area contributed by atoms with E-state index in [1.807, 2.05) is 24.5 Å². The Morgan fingerprint density at radius 3 is 2.15 bits per heavy atom. The number of carbonyl (C=O) groups excluding carboxylic acids is 1. The molecule has 3 aliphatic rings. The summed E-state index contributed by atoms with van der Waals surface area (Å²) in [6.45, 7) is 1.13. The zero-order chi connectivity index (χ0) is 29.5. The maximum absolute atomic E-state index is 13.2. The minimum Gasteiger partial charge on any atom is -0.481 e. The number of likely N-dealkylation sites (N-methyl/N-ethyl adjacent to an activating group) is 1. The molecule has 0 unspecified atom stereocenters. The van der Waals surface area contributed by atoms with Crippen LogP contribution in [0.25, 0.3) is 0 Å². The van der Waals surface area contributed by atoms with Crippen LogP contribution in [0.5, 0.6) is 0 Å². The number of nitrogens with one attached hydrogen (secondary N) is 1. The number of thioether (sulfide) groups is 1. The second-order valence-electron chi connectivity index (χ2n) is 10.3. The van der Waals surface area contributed by atoms with Gasteiger partial charge in [-0.1, -0.05) is 30.3 Å². The number of rotatable bonds is 10. The van der Waals surface area contributed by atoms with Crippen molar-refractivity contribution in [2.24, 2.45) is 5.92 Å². The lowest BCUT2D eigenvalue weighted by Crippen LogP contribution is -2.62. The van der Waals surface area contributed by atoms with Crippen molar-refractivity contribution in [1.29, 1.82) is 0 Å². The first kappa shape index (κ1) is 31.1. The van der Waals surface area contributed by atoms with Gasteiger partial charge in [-0.2, -0.15) is 0 Å². The van der Waals surface area contributed by atoms with Crippen molar-refractivity contribution < 1.29 is 39.6 Å². The van der Waals surface area contributed by atoms with Crippen molar-refractivity contribution in [2.45, 2.75) is 60.7 Å². The maximum atomic E-state index is 13.2. The molecule has 1 aromatic heterocycles. The Labute approximate surface area is 236 Å². The van der Waals surface area contributed by atoms with Gasteiger partial charge in [0.2, 0.25) is 0 Å². The first-order valence-electron chi connectivity index (χ1n) is 12.9. The van der Waals surface area contributed by atoms with Gasteiger partial charge >= 0.3 is 17.9 Å². The zero-order valence-electron chi connectivity index (χ0n) is 22.4. The van der Waals surface area contributed by atoms with Gasteiger partial charge in [-0.05, 0) is 62.6 Å². The van der Waals surface area contributed by atoms with Gasteiger partial charge in [-0.3, -0.25) is 19.3 Å². The van der Waals surface area contributed by atoms with E-state index in [0.717, 1.165) is 30.3 Å².